The molecule has 0 bridgehead atoms. The molecule has 2 aromatic rings. The van der Waals surface area contributed by atoms with Crippen molar-refractivity contribution in [3.63, 3.8) is 0 Å². The maximum absolute atomic E-state index is 13.5. The Morgan fingerprint density at radius 2 is 2.29 bits per heavy atom. The number of aromatic amines is 1. The van der Waals surface area contributed by atoms with Crippen LogP contribution in [0.1, 0.15) is 18.3 Å². The summed E-state index contributed by atoms with van der Waals surface area (Å²) in [5.41, 5.74) is 1.07. The van der Waals surface area contributed by atoms with Crippen molar-refractivity contribution in [1.29, 1.82) is 5.26 Å². The van der Waals surface area contributed by atoms with Crippen LogP contribution < -0.4 is 0 Å². The second-order valence-electron chi connectivity index (χ2n) is 3.51. The minimum Gasteiger partial charge on any atom is -0.333 e. The third-order valence-electron chi connectivity index (χ3n) is 2.41. The Balaban J connectivity index is 2.50. The summed E-state index contributed by atoms with van der Waals surface area (Å²) in [6.07, 6.45) is 0.721. The Bertz CT molecular complexity index is 598. The molecule has 0 aliphatic rings. The number of aromatic nitrogens is 2. The molecule has 1 N–H and O–H groups in total. The van der Waals surface area contributed by atoms with Crippen LogP contribution in [0.15, 0.2) is 18.2 Å². The standard InChI is InChI=1S/C12H9ClFN3/c1-2-10-16-11(12(13)17-10)7-3-4-8(6-15)9(14)5-7/h3-5H,2H2,1H3,(H,16,17). The van der Waals surface area contributed by atoms with E-state index in [9.17, 15) is 4.39 Å². The number of hydrogen-bond acceptors (Lipinski definition) is 2. The van der Waals surface area contributed by atoms with Gasteiger partial charge in [-0.3, -0.25) is 0 Å². The first-order chi connectivity index (χ1) is 8.15. The number of aryl methyl sites for hydroxylation is 1. The first-order valence-corrected chi connectivity index (χ1v) is 5.48. The molecule has 0 aliphatic heterocycles. The molecule has 2 rings (SSSR count). The normalized spacial score (nSPS) is 10.2. The molecule has 0 aliphatic carbocycles. The van der Waals surface area contributed by atoms with E-state index in [1.807, 2.05) is 6.92 Å². The average Bonchev–Trinajstić information content (AvgIpc) is 2.70. The monoisotopic (exact) mass is 249 g/mol. The van der Waals surface area contributed by atoms with Crippen LogP contribution in [0.5, 0.6) is 0 Å². The van der Waals surface area contributed by atoms with Crippen LogP contribution in [0.25, 0.3) is 11.3 Å². The number of nitriles is 1. The van der Waals surface area contributed by atoms with E-state index in [-0.39, 0.29) is 5.56 Å². The van der Waals surface area contributed by atoms with Crippen LogP contribution in [-0.2, 0) is 6.42 Å². The number of rotatable bonds is 2. The van der Waals surface area contributed by atoms with E-state index in [0.717, 1.165) is 12.2 Å². The van der Waals surface area contributed by atoms with Crippen LogP contribution in [-0.4, -0.2) is 9.97 Å². The summed E-state index contributed by atoms with van der Waals surface area (Å²) in [6, 6.07) is 6.08. The zero-order valence-corrected chi connectivity index (χ0v) is 9.85. The topological polar surface area (TPSA) is 52.5 Å². The average molecular weight is 250 g/mol. The summed E-state index contributed by atoms with van der Waals surface area (Å²) in [7, 11) is 0. The minimum absolute atomic E-state index is 0.0103. The third kappa shape index (κ3) is 2.15. The molecular formula is C12H9ClFN3. The van der Waals surface area contributed by atoms with E-state index >= 15 is 0 Å². The van der Waals surface area contributed by atoms with Crippen molar-refractivity contribution in [2.45, 2.75) is 13.3 Å². The summed E-state index contributed by atoms with van der Waals surface area (Å²) in [6.45, 7) is 1.94. The Kier molecular flexibility index (Phi) is 3.12. The van der Waals surface area contributed by atoms with E-state index in [0.29, 0.717) is 16.4 Å². The predicted molar refractivity (Wildman–Crippen MR) is 63.1 cm³/mol. The largest absolute Gasteiger partial charge is 0.333 e. The van der Waals surface area contributed by atoms with Gasteiger partial charge in [-0.25, -0.2) is 9.37 Å². The van der Waals surface area contributed by atoms with Gasteiger partial charge < -0.3 is 4.98 Å². The van der Waals surface area contributed by atoms with Gasteiger partial charge in [-0.1, -0.05) is 24.6 Å². The van der Waals surface area contributed by atoms with Crippen molar-refractivity contribution in [3.8, 4) is 17.3 Å². The minimum atomic E-state index is -0.567. The summed E-state index contributed by atoms with van der Waals surface area (Å²) < 4.78 is 13.5. The lowest BCUT2D eigenvalue weighted by Gasteiger charge is -1.99. The molecule has 0 radical (unpaired) electrons. The van der Waals surface area contributed by atoms with Crippen LogP contribution >= 0.6 is 11.6 Å². The highest BCUT2D eigenvalue weighted by Crippen LogP contribution is 2.27. The highest BCUT2D eigenvalue weighted by Gasteiger charge is 2.11. The number of nitrogens with one attached hydrogen (secondary N) is 1. The maximum atomic E-state index is 13.5. The van der Waals surface area contributed by atoms with Crippen molar-refractivity contribution in [2.24, 2.45) is 0 Å². The van der Waals surface area contributed by atoms with Gasteiger partial charge in [-0.15, -0.1) is 0 Å². The first-order valence-electron chi connectivity index (χ1n) is 5.10. The fourth-order valence-electron chi connectivity index (χ4n) is 1.51. The predicted octanol–water partition coefficient (Wildman–Crippen LogP) is 3.30. The summed E-state index contributed by atoms with van der Waals surface area (Å²) >= 11 is 5.98. The van der Waals surface area contributed by atoms with Gasteiger partial charge in [0.05, 0.1) is 5.56 Å². The molecule has 0 fully saturated rings. The quantitative estimate of drug-likeness (QED) is 0.888. The zero-order valence-electron chi connectivity index (χ0n) is 9.09. The Hall–Kier alpha value is -1.86. The van der Waals surface area contributed by atoms with Crippen molar-refractivity contribution < 1.29 is 4.39 Å². The second-order valence-corrected chi connectivity index (χ2v) is 3.88. The van der Waals surface area contributed by atoms with Gasteiger partial charge in [0.15, 0.2) is 0 Å². The molecule has 17 heavy (non-hydrogen) atoms. The lowest BCUT2D eigenvalue weighted by atomic mass is 10.1. The lowest BCUT2D eigenvalue weighted by molar-refractivity contribution is 0.624. The molecular weight excluding hydrogens is 241 g/mol. The number of H-pyrrole nitrogens is 1. The highest BCUT2D eigenvalue weighted by molar-refractivity contribution is 6.31. The van der Waals surface area contributed by atoms with E-state index in [4.69, 9.17) is 16.9 Å². The van der Waals surface area contributed by atoms with Gasteiger partial charge in [0.2, 0.25) is 0 Å². The summed E-state index contributed by atoms with van der Waals surface area (Å²) in [5, 5.41) is 9.02. The highest BCUT2D eigenvalue weighted by atomic mass is 35.5. The molecule has 0 amide bonds. The molecule has 0 saturated carbocycles. The fraction of sp³-hybridized carbons (Fsp3) is 0.167. The molecule has 0 unspecified atom stereocenters. The number of benzene rings is 1. The lowest BCUT2D eigenvalue weighted by Crippen LogP contribution is -1.87. The van der Waals surface area contributed by atoms with E-state index < -0.39 is 5.82 Å². The van der Waals surface area contributed by atoms with Crippen LogP contribution in [0.3, 0.4) is 0 Å². The molecule has 5 heteroatoms. The van der Waals surface area contributed by atoms with Crippen molar-refractivity contribution in [1.82, 2.24) is 9.97 Å². The summed E-state index contributed by atoms with van der Waals surface area (Å²) in [5.74, 6) is 0.178. The zero-order chi connectivity index (χ0) is 12.4. The molecule has 1 heterocycles. The molecule has 0 spiro atoms. The van der Waals surface area contributed by atoms with Gasteiger partial charge in [-0.05, 0) is 12.1 Å². The number of hydrogen-bond donors (Lipinski definition) is 1. The van der Waals surface area contributed by atoms with Crippen molar-refractivity contribution in [3.05, 3.63) is 40.6 Å². The van der Waals surface area contributed by atoms with E-state index in [1.54, 1.807) is 12.1 Å². The van der Waals surface area contributed by atoms with Gasteiger partial charge in [0.25, 0.3) is 0 Å². The Morgan fingerprint density at radius 3 is 2.82 bits per heavy atom. The van der Waals surface area contributed by atoms with Gasteiger partial charge in [-0.2, -0.15) is 5.26 Å². The van der Waals surface area contributed by atoms with Gasteiger partial charge in [0.1, 0.15) is 28.6 Å². The fourth-order valence-corrected chi connectivity index (χ4v) is 1.77. The summed E-state index contributed by atoms with van der Waals surface area (Å²) in [4.78, 5) is 7.17. The number of halogens is 2. The smallest absolute Gasteiger partial charge is 0.141 e. The Labute approximate surface area is 103 Å². The van der Waals surface area contributed by atoms with Crippen molar-refractivity contribution >= 4 is 11.6 Å². The maximum Gasteiger partial charge on any atom is 0.141 e. The SMILES string of the molecule is CCc1nc(-c2ccc(C#N)c(F)c2)c(Cl)[nH]1. The van der Waals surface area contributed by atoms with Crippen LogP contribution in [0.4, 0.5) is 4.39 Å². The number of imidazole rings is 1. The van der Waals surface area contributed by atoms with Crippen molar-refractivity contribution in [2.75, 3.05) is 0 Å². The number of nitrogens with zero attached hydrogens (tertiary/aromatic N) is 2. The van der Waals surface area contributed by atoms with Crippen LogP contribution in [0, 0.1) is 17.1 Å². The Morgan fingerprint density at radius 1 is 1.53 bits per heavy atom. The van der Waals surface area contributed by atoms with Gasteiger partial charge >= 0.3 is 0 Å². The molecule has 1 aromatic heterocycles. The van der Waals surface area contributed by atoms with E-state index in [2.05, 4.69) is 9.97 Å². The molecule has 0 saturated heterocycles. The second kappa shape index (κ2) is 4.56. The molecule has 3 nitrogen and oxygen atoms in total. The first kappa shape index (κ1) is 11.6. The molecule has 86 valence electrons. The van der Waals surface area contributed by atoms with E-state index in [1.165, 1.54) is 12.1 Å². The third-order valence-corrected chi connectivity index (χ3v) is 2.68. The van der Waals surface area contributed by atoms with Crippen LogP contribution in [0.2, 0.25) is 5.15 Å². The van der Waals surface area contributed by atoms with Gasteiger partial charge in [0, 0.05) is 12.0 Å². The molecule has 0 atom stereocenters. The molecule has 1 aromatic carbocycles.